The van der Waals surface area contributed by atoms with Gasteiger partial charge in [0.25, 0.3) is 0 Å². The summed E-state index contributed by atoms with van der Waals surface area (Å²) in [5.41, 5.74) is 1.03. The molecule has 0 aliphatic heterocycles. The zero-order valence-electron chi connectivity index (χ0n) is 12.6. The molecule has 0 atom stereocenters. The third kappa shape index (κ3) is 5.22. The van der Waals surface area contributed by atoms with Crippen LogP contribution >= 0.6 is 27.5 Å². The normalized spacial score (nSPS) is 10.4. The van der Waals surface area contributed by atoms with Crippen LogP contribution in [0.4, 0.5) is 4.39 Å². The highest BCUT2D eigenvalue weighted by molar-refractivity contribution is 9.10. The fraction of sp³-hybridized carbons (Fsp3) is 0.235. The Kier molecular flexibility index (Phi) is 6.42. The number of nitrogens with zero attached hydrogens (tertiary/aromatic N) is 1. The molecule has 0 spiro atoms. The fourth-order valence-corrected chi connectivity index (χ4v) is 2.63. The zero-order valence-corrected chi connectivity index (χ0v) is 14.9. The highest BCUT2D eigenvalue weighted by Crippen LogP contribution is 2.25. The molecule has 1 amide bonds. The topological polar surface area (TPSA) is 29.5 Å². The van der Waals surface area contributed by atoms with E-state index in [1.165, 1.54) is 18.2 Å². The summed E-state index contributed by atoms with van der Waals surface area (Å²) in [7, 11) is 1.74. The number of halogens is 3. The van der Waals surface area contributed by atoms with Crippen molar-refractivity contribution in [2.24, 2.45) is 0 Å². The first-order valence-electron chi connectivity index (χ1n) is 7.02. The molecule has 0 fully saturated rings. The second kappa shape index (κ2) is 8.31. The monoisotopic (exact) mass is 399 g/mol. The lowest BCUT2D eigenvalue weighted by Gasteiger charge is -2.18. The highest BCUT2D eigenvalue weighted by Gasteiger charge is 2.11. The van der Waals surface area contributed by atoms with Gasteiger partial charge in [-0.15, -0.1) is 0 Å². The van der Waals surface area contributed by atoms with Crippen molar-refractivity contribution in [1.29, 1.82) is 0 Å². The molecule has 0 aromatic heterocycles. The van der Waals surface area contributed by atoms with Crippen molar-refractivity contribution < 1.29 is 13.9 Å². The summed E-state index contributed by atoms with van der Waals surface area (Å²) >= 11 is 9.33. The largest absolute Gasteiger partial charge is 0.491 e. The molecule has 3 nitrogen and oxygen atoms in total. The van der Waals surface area contributed by atoms with E-state index in [0.29, 0.717) is 12.3 Å². The molecule has 0 N–H and O–H groups in total. The second-order valence-electron chi connectivity index (χ2n) is 5.01. The van der Waals surface area contributed by atoms with Gasteiger partial charge in [0.05, 0.1) is 18.1 Å². The maximum Gasteiger partial charge on any atom is 0.226 e. The Morgan fingerprint density at radius 2 is 2.04 bits per heavy atom. The minimum atomic E-state index is -0.424. The Balaban J connectivity index is 1.83. The van der Waals surface area contributed by atoms with Gasteiger partial charge in [-0.1, -0.05) is 45.7 Å². The third-order valence-electron chi connectivity index (χ3n) is 3.26. The third-order valence-corrected chi connectivity index (χ3v) is 4.33. The van der Waals surface area contributed by atoms with Crippen LogP contribution in [0.1, 0.15) is 12.0 Å². The summed E-state index contributed by atoms with van der Waals surface area (Å²) < 4.78 is 19.3. The van der Waals surface area contributed by atoms with Gasteiger partial charge in [0, 0.05) is 18.1 Å². The Morgan fingerprint density at radius 1 is 1.30 bits per heavy atom. The number of carbonyl (C=O) groups is 1. The molecule has 122 valence electrons. The molecule has 0 aliphatic carbocycles. The molecular weight excluding hydrogens is 385 g/mol. The summed E-state index contributed by atoms with van der Waals surface area (Å²) in [5.74, 6) is -0.0973. The van der Waals surface area contributed by atoms with E-state index in [-0.39, 0.29) is 24.0 Å². The molecule has 0 bridgehead atoms. The zero-order chi connectivity index (χ0) is 16.8. The lowest BCUT2D eigenvalue weighted by molar-refractivity contribution is -0.130. The van der Waals surface area contributed by atoms with Crippen LogP contribution < -0.4 is 4.74 Å². The first-order chi connectivity index (χ1) is 11.0. The minimum absolute atomic E-state index is 0.0426. The first kappa shape index (κ1) is 17.8. The van der Waals surface area contributed by atoms with Crippen molar-refractivity contribution in [2.75, 3.05) is 13.7 Å². The maximum absolute atomic E-state index is 12.9. The van der Waals surface area contributed by atoms with Crippen LogP contribution in [0, 0.1) is 5.82 Å². The van der Waals surface area contributed by atoms with Crippen LogP contribution in [0.3, 0.4) is 0 Å². The molecule has 2 aromatic carbocycles. The van der Waals surface area contributed by atoms with Crippen LogP contribution in [-0.4, -0.2) is 24.5 Å². The van der Waals surface area contributed by atoms with Crippen molar-refractivity contribution in [3.05, 3.63) is 63.3 Å². The van der Waals surface area contributed by atoms with E-state index in [1.54, 1.807) is 11.9 Å². The van der Waals surface area contributed by atoms with Crippen LogP contribution in [0.25, 0.3) is 0 Å². The van der Waals surface area contributed by atoms with Gasteiger partial charge in [0.1, 0.15) is 11.6 Å². The van der Waals surface area contributed by atoms with Gasteiger partial charge in [-0.3, -0.25) is 4.79 Å². The quantitative estimate of drug-likeness (QED) is 0.705. The highest BCUT2D eigenvalue weighted by atomic mass is 79.9. The Labute approximate surface area is 148 Å². The number of ether oxygens (including phenoxy) is 1. The number of amides is 1. The van der Waals surface area contributed by atoms with Gasteiger partial charge < -0.3 is 9.64 Å². The van der Waals surface area contributed by atoms with Crippen LogP contribution in [0.5, 0.6) is 5.75 Å². The molecule has 0 saturated heterocycles. The van der Waals surface area contributed by atoms with Gasteiger partial charge in [-0.05, 0) is 29.8 Å². The van der Waals surface area contributed by atoms with Gasteiger partial charge in [0.2, 0.25) is 5.91 Å². The Morgan fingerprint density at radius 3 is 2.74 bits per heavy atom. The lowest BCUT2D eigenvalue weighted by atomic mass is 10.2. The SMILES string of the molecule is CN(Cc1ccccc1Br)C(=O)CCOc1ccc(F)cc1Cl. The molecule has 0 unspecified atom stereocenters. The molecule has 0 saturated carbocycles. The van der Waals surface area contributed by atoms with Gasteiger partial charge in [-0.2, -0.15) is 0 Å². The second-order valence-corrected chi connectivity index (χ2v) is 6.28. The summed E-state index contributed by atoms with van der Waals surface area (Å²) in [4.78, 5) is 13.8. The van der Waals surface area contributed by atoms with E-state index in [9.17, 15) is 9.18 Å². The molecule has 2 rings (SSSR count). The van der Waals surface area contributed by atoms with Crippen LogP contribution in [-0.2, 0) is 11.3 Å². The van der Waals surface area contributed by atoms with Crippen molar-refractivity contribution in [3.63, 3.8) is 0 Å². The van der Waals surface area contributed by atoms with Gasteiger partial charge >= 0.3 is 0 Å². The molecule has 6 heteroatoms. The van der Waals surface area contributed by atoms with Crippen molar-refractivity contribution in [3.8, 4) is 5.75 Å². The van der Waals surface area contributed by atoms with Crippen LogP contribution in [0.2, 0.25) is 5.02 Å². The number of hydrogen-bond acceptors (Lipinski definition) is 2. The Bertz CT molecular complexity index is 696. The summed E-state index contributed by atoms with van der Waals surface area (Å²) in [6.45, 7) is 0.696. The first-order valence-corrected chi connectivity index (χ1v) is 8.19. The minimum Gasteiger partial charge on any atom is -0.491 e. The Hall–Kier alpha value is -1.59. The van der Waals surface area contributed by atoms with Crippen molar-refractivity contribution >= 4 is 33.4 Å². The van der Waals surface area contributed by atoms with Gasteiger partial charge in [0.15, 0.2) is 0 Å². The average molecular weight is 401 g/mol. The van der Waals surface area contributed by atoms with Crippen molar-refractivity contribution in [2.45, 2.75) is 13.0 Å². The van der Waals surface area contributed by atoms with E-state index in [4.69, 9.17) is 16.3 Å². The fourth-order valence-electron chi connectivity index (χ4n) is 2.00. The molecule has 0 heterocycles. The average Bonchev–Trinajstić information content (AvgIpc) is 2.51. The number of rotatable bonds is 6. The molecule has 0 radical (unpaired) electrons. The number of benzene rings is 2. The van der Waals surface area contributed by atoms with E-state index >= 15 is 0 Å². The van der Waals surface area contributed by atoms with Gasteiger partial charge in [-0.25, -0.2) is 4.39 Å². The van der Waals surface area contributed by atoms with E-state index in [2.05, 4.69) is 15.9 Å². The summed E-state index contributed by atoms with van der Waals surface area (Å²) in [6.07, 6.45) is 0.217. The van der Waals surface area contributed by atoms with E-state index < -0.39 is 5.82 Å². The molecular formula is C17H16BrClFNO2. The molecule has 2 aromatic rings. The predicted octanol–water partition coefficient (Wildman–Crippen LogP) is 4.67. The number of carbonyl (C=O) groups excluding carboxylic acids is 1. The summed E-state index contributed by atoms with van der Waals surface area (Å²) in [5, 5.41) is 0.194. The van der Waals surface area contributed by atoms with E-state index in [1.807, 2.05) is 24.3 Å². The maximum atomic E-state index is 12.9. The van der Waals surface area contributed by atoms with Crippen molar-refractivity contribution in [1.82, 2.24) is 4.90 Å². The van der Waals surface area contributed by atoms with E-state index in [0.717, 1.165) is 10.0 Å². The predicted molar refractivity (Wildman–Crippen MR) is 92.1 cm³/mol. The summed E-state index contributed by atoms with van der Waals surface area (Å²) in [6, 6.07) is 11.6. The molecule has 0 aliphatic rings. The lowest BCUT2D eigenvalue weighted by Crippen LogP contribution is -2.27. The molecule has 23 heavy (non-hydrogen) atoms. The standard InChI is InChI=1S/C17H16BrClFNO2/c1-21(11-12-4-2-3-5-14(12)18)17(22)8-9-23-16-7-6-13(20)10-15(16)19/h2-7,10H,8-9,11H2,1H3. The van der Waals surface area contributed by atoms with Crippen LogP contribution in [0.15, 0.2) is 46.9 Å². The smallest absolute Gasteiger partial charge is 0.226 e. The number of hydrogen-bond donors (Lipinski definition) is 0.